The van der Waals surface area contributed by atoms with Crippen molar-refractivity contribution in [2.45, 2.75) is 6.10 Å². The highest BCUT2D eigenvalue weighted by Gasteiger charge is 2.29. The third-order valence-electron chi connectivity index (χ3n) is 3.68. The van der Waals surface area contributed by atoms with E-state index in [2.05, 4.69) is 5.32 Å². The van der Waals surface area contributed by atoms with Crippen molar-refractivity contribution in [1.29, 1.82) is 0 Å². The van der Waals surface area contributed by atoms with Gasteiger partial charge in [-0.1, -0.05) is 0 Å². The van der Waals surface area contributed by atoms with Crippen molar-refractivity contribution < 1.29 is 19.0 Å². The van der Waals surface area contributed by atoms with Crippen molar-refractivity contribution in [2.24, 2.45) is 0 Å². The first-order chi connectivity index (χ1) is 10.3. The number of ether oxygens (including phenoxy) is 3. The number of piperazine rings is 1. The summed E-state index contributed by atoms with van der Waals surface area (Å²) in [5.74, 6) is 4.00. The van der Waals surface area contributed by atoms with Gasteiger partial charge in [-0.25, -0.2) is 4.79 Å². The molecule has 2 heterocycles. The van der Waals surface area contributed by atoms with Gasteiger partial charge in [-0.15, -0.1) is 0 Å². The summed E-state index contributed by atoms with van der Waals surface area (Å²) in [6.07, 6.45) is -0.415. The fourth-order valence-electron chi connectivity index (χ4n) is 2.55. The Hall–Kier alpha value is -2.17. The first kappa shape index (κ1) is 13.8. The van der Waals surface area contributed by atoms with Crippen molar-refractivity contribution in [1.82, 2.24) is 10.2 Å². The molecule has 0 aliphatic carbocycles. The minimum absolute atomic E-state index is 0.300. The maximum atomic E-state index is 11.3. The molecule has 6 heteroatoms. The number of hydrogen-bond acceptors (Lipinski definition) is 6. The Morgan fingerprint density at radius 3 is 2.90 bits per heavy atom. The molecule has 1 N–H and O–H groups in total. The van der Waals surface area contributed by atoms with Crippen molar-refractivity contribution in [2.75, 3.05) is 39.9 Å². The number of nitrogens with zero attached hydrogens (tertiary/aromatic N) is 1. The molecular formula is C15H18N2O4. The molecule has 2 aliphatic rings. The molecule has 1 fully saturated rings. The van der Waals surface area contributed by atoms with Crippen LogP contribution in [0.1, 0.15) is 0 Å². The van der Waals surface area contributed by atoms with E-state index in [1.165, 1.54) is 0 Å². The molecule has 0 radical (unpaired) electrons. The van der Waals surface area contributed by atoms with Crippen molar-refractivity contribution >= 4 is 5.94 Å². The highest BCUT2D eigenvalue weighted by molar-refractivity contribution is 5.55. The van der Waals surface area contributed by atoms with E-state index in [-0.39, 0.29) is 0 Å². The lowest BCUT2D eigenvalue weighted by atomic mass is 10.2. The lowest BCUT2D eigenvalue weighted by Crippen LogP contribution is -2.47. The smallest absolute Gasteiger partial charge is 0.183 e. The number of benzene rings is 1. The monoisotopic (exact) mass is 290 g/mol. The summed E-state index contributed by atoms with van der Waals surface area (Å²) >= 11 is 0. The fourth-order valence-corrected chi connectivity index (χ4v) is 2.55. The SMILES string of the molecule is COc1ccc2c(c1)OCC(C(=C=O)N1CCNCC1)O2. The fraction of sp³-hybridized carbons (Fsp3) is 0.467. The van der Waals surface area contributed by atoms with Crippen LogP contribution in [0, 0.1) is 0 Å². The first-order valence-corrected chi connectivity index (χ1v) is 7.00. The first-order valence-electron chi connectivity index (χ1n) is 7.00. The Morgan fingerprint density at radius 1 is 1.38 bits per heavy atom. The van der Waals surface area contributed by atoms with Crippen molar-refractivity contribution in [3.63, 3.8) is 0 Å². The molecule has 0 saturated carbocycles. The molecule has 21 heavy (non-hydrogen) atoms. The van der Waals surface area contributed by atoms with E-state index in [0.29, 0.717) is 29.6 Å². The van der Waals surface area contributed by atoms with Crippen LogP contribution >= 0.6 is 0 Å². The van der Waals surface area contributed by atoms with E-state index in [1.54, 1.807) is 25.3 Å². The average Bonchev–Trinajstić information content (AvgIpc) is 2.56. The summed E-state index contributed by atoms with van der Waals surface area (Å²) in [5, 5.41) is 3.25. The van der Waals surface area contributed by atoms with E-state index >= 15 is 0 Å². The number of rotatable bonds is 3. The molecule has 1 unspecified atom stereocenters. The Morgan fingerprint density at radius 2 is 2.19 bits per heavy atom. The van der Waals surface area contributed by atoms with Crippen LogP contribution in [0.15, 0.2) is 23.9 Å². The van der Waals surface area contributed by atoms with Crippen LogP contribution in [0.3, 0.4) is 0 Å². The molecule has 6 nitrogen and oxygen atoms in total. The third-order valence-corrected chi connectivity index (χ3v) is 3.68. The van der Waals surface area contributed by atoms with Crippen molar-refractivity contribution in [3.05, 3.63) is 23.9 Å². The number of methoxy groups -OCH3 is 1. The van der Waals surface area contributed by atoms with Gasteiger partial charge in [0, 0.05) is 32.2 Å². The minimum Gasteiger partial charge on any atom is -0.497 e. The summed E-state index contributed by atoms with van der Waals surface area (Å²) < 4.78 is 16.8. The largest absolute Gasteiger partial charge is 0.497 e. The predicted octanol–water partition coefficient (Wildman–Crippen LogP) is 0.456. The second kappa shape index (κ2) is 6.08. The van der Waals surface area contributed by atoms with Gasteiger partial charge < -0.3 is 24.4 Å². The van der Waals surface area contributed by atoms with E-state index in [4.69, 9.17) is 14.2 Å². The van der Waals surface area contributed by atoms with Gasteiger partial charge in [0.05, 0.1) is 7.11 Å². The second-order valence-corrected chi connectivity index (χ2v) is 4.95. The lowest BCUT2D eigenvalue weighted by molar-refractivity contribution is 0.0896. The molecule has 1 aromatic rings. The minimum atomic E-state index is -0.415. The zero-order valence-electron chi connectivity index (χ0n) is 11.9. The zero-order valence-corrected chi connectivity index (χ0v) is 11.9. The Kier molecular flexibility index (Phi) is 3.99. The van der Waals surface area contributed by atoms with Crippen LogP contribution < -0.4 is 19.5 Å². The van der Waals surface area contributed by atoms with Crippen LogP contribution in [-0.2, 0) is 4.79 Å². The molecule has 2 aliphatic heterocycles. The van der Waals surface area contributed by atoms with Crippen LogP contribution in [0.4, 0.5) is 0 Å². The van der Waals surface area contributed by atoms with Gasteiger partial charge in [-0.2, -0.15) is 0 Å². The van der Waals surface area contributed by atoms with Crippen LogP contribution in [-0.4, -0.2) is 56.8 Å². The van der Waals surface area contributed by atoms with Gasteiger partial charge in [-0.3, -0.25) is 0 Å². The van der Waals surface area contributed by atoms with E-state index in [0.717, 1.165) is 26.2 Å². The second-order valence-electron chi connectivity index (χ2n) is 4.95. The van der Waals surface area contributed by atoms with E-state index in [1.807, 2.05) is 10.8 Å². The van der Waals surface area contributed by atoms with Gasteiger partial charge in [0.25, 0.3) is 0 Å². The Balaban J connectivity index is 1.76. The topological polar surface area (TPSA) is 60.0 Å². The summed E-state index contributed by atoms with van der Waals surface area (Å²) in [6.45, 7) is 3.56. The van der Waals surface area contributed by atoms with Gasteiger partial charge in [0.2, 0.25) is 0 Å². The summed E-state index contributed by atoms with van der Waals surface area (Å²) in [5.41, 5.74) is 0.526. The maximum absolute atomic E-state index is 11.3. The summed E-state index contributed by atoms with van der Waals surface area (Å²) in [6, 6.07) is 5.38. The number of carbonyl (C=O) groups excluding carboxylic acids is 1. The summed E-state index contributed by atoms with van der Waals surface area (Å²) in [7, 11) is 1.60. The molecule has 1 atom stereocenters. The highest BCUT2D eigenvalue weighted by atomic mass is 16.6. The van der Waals surface area contributed by atoms with Crippen LogP contribution in [0.25, 0.3) is 0 Å². The van der Waals surface area contributed by atoms with E-state index in [9.17, 15) is 4.79 Å². The quantitative estimate of drug-likeness (QED) is 0.816. The van der Waals surface area contributed by atoms with Crippen LogP contribution in [0.2, 0.25) is 0 Å². The Labute approximate surface area is 123 Å². The average molecular weight is 290 g/mol. The van der Waals surface area contributed by atoms with Gasteiger partial charge in [0.1, 0.15) is 24.0 Å². The third kappa shape index (κ3) is 2.82. The summed E-state index contributed by atoms with van der Waals surface area (Å²) in [4.78, 5) is 13.3. The molecule has 1 aromatic carbocycles. The lowest BCUT2D eigenvalue weighted by Gasteiger charge is -2.35. The molecule has 0 spiro atoms. The maximum Gasteiger partial charge on any atom is 0.183 e. The molecule has 3 rings (SSSR count). The molecular weight excluding hydrogens is 272 g/mol. The predicted molar refractivity (Wildman–Crippen MR) is 76.6 cm³/mol. The molecule has 112 valence electrons. The van der Waals surface area contributed by atoms with E-state index < -0.39 is 6.10 Å². The molecule has 1 saturated heterocycles. The Bertz CT molecular complexity index is 563. The molecule has 0 bridgehead atoms. The number of nitrogens with one attached hydrogen (secondary N) is 1. The van der Waals surface area contributed by atoms with Crippen LogP contribution in [0.5, 0.6) is 17.2 Å². The highest BCUT2D eigenvalue weighted by Crippen LogP contribution is 2.36. The molecule has 0 amide bonds. The van der Waals surface area contributed by atoms with Gasteiger partial charge in [0.15, 0.2) is 17.6 Å². The van der Waals surface area contributed by atoms with Gasteiger partial charge in [-0.05, 0) is 12.1 Å². The van der Waals surface area contributed by atoms with Gasteiger partial charge >= 0.3 is 0 Å². The number of fused-ring (bicyclic) bond motifs is 1. The number of hydrogen-bond donors (Lipinski definition) is 1. The molecule has 0 aromatic heterocycles. The normalized spacial score (nSPS) is 20.6. The zero-order chi connectivity index (χ0) is 14.7. The van der Waals surface area contributed by atoms with Crippen molar-refractivity contribution in [3.8, 4) is 17.2 Å². The standard InChI is InChI=1S/C15H18N2O4/c1-19-11-2-3-13-14(8-11)20-10-15(21-13)12(9-18)17-6-4-16-5-7-17/h2-3,8,15-16H,4-7,10H2,1H3.